The third-order valence-electron chi connectivity index (χ3n) is 4.56. The normalized spacial score (nSPS) is 19.8. The summed E-state index contributed by atoms with van der Waals surface area (Å²) in [6.07, 6.45) is 6.74. The number of amides is 1. The van der Waals surface area contributed by atoms with E-state index in [1.807, 2.05) is 66.4 Å². The van der Waals surface area contributed by atoms with Crippen molar-refractivity contribution in [1.82, 2.24) is 0 Å². The predicted octanol–water partition coefficient (Wildman–Crippen LogP) is 3.90. The van der Waals surface area contributed by atoms with Gasteiger partial charge < -0.3 is 4.90 Å². The Morgan fingerprint density at radius 1 is 1.09 bits per heavy atom. The first-order valence-corrected chi connectivity index (χ1v) is 7.62. The quantitative estimate of drug-likeness (QED) is 0.782. The Balaban J connectivity index is 2.06. The third-order valence-corrected chi connectivity index (χ3v) is 4.56. The van der Waals surface area contributed by atoms with Crippen LogP contribution in [0.15, 0.2) is 54.6 Å². The Bertz CT molecular complexity index is 729. The van der Waals surface area contributed by atoms with Crippen molar-refractivity contribution >= 4 is 11.6 Å². The van der Waals surface area contributed by atoms with Gasteiger partial charge in [0.05, 0.1) is 12.0 Å². The maximum atomic E-state index is 13.1. The van der Waals surface area contributed by atoms with E-state index in [0.29, 0.717) is 13.0 Å². The fourth-order valence-corrected chi connectivity index (χ4v) is 3.33. The number of hydrogen-bond acceptors (Lipinski definition) is 1. The Morgan fingerprint density at radius 3 is 2.45 bits per heavy atom. The van der Waals surface area contributed by atoms with Crippen molar-refractivity contribution < 1.29 is 4.79 Å². The van der Waals surface area contributed by atoms with Gasteiger partial charge in [-0.25, -0.2) is 0 Å². The van der Waals surface area contributed by atoms with Gasteiger partial charge in [-0.05, 0) is 23.6 Å². The number of carbonyl (C=O) groups excluding carboxylic acids is 1. The van der Waals surface area contributed by atoms with Crippen LogP contribution in [0.3, 0.4) is 0 Å². The van der Waals surface area contributed by atoms with Gasteiger partial charge in [0, 0.05) is 12.1 Å². The van der Waals surface area contributed by atoms with E-state index in [4.69, 9.17) is 6.42 Å². The number of rotatable bonds is 4. The minimum Gasteiger partial charge on any atom is -0.307 e. The summed E-state index contributed by atoms with van der Waals surface area (Å²) in [6.45, 7) is 2.63. The highest BCUT2D eigenvalue weighted by atomic mass is 16.2. The second kappa shape index (κ2) is 5.69. The van der Waals surface area contributed by atoms with Crippen LogP contribution in [0.5, 0.6) is 0 Å². The fourth-order valence-electron chi connectivity index (χ4n) is 3.33. The van der Waals surface area contributed by atoms with E-state index in [1.165, 1.54) is 0 Å². The SMILES string of the molecule is C#CCC1(CC)C(=O)N(Cc2ccccc2)c2ccccc21. The van der Waals surface area contributed by atoms with E-state index in [-0.39, 0.29) is 5.91 Å². The molecule has 3 rings (SSSR count). The molecule has 1 aliphatic rings. The number of benzene rings is 2. The second-order valence-corrected chi connectivity index (χ2v) is 5.71. The lowest BCUT2D eigenvalue weighted by atomic mass is 9.76. The number of hydrogen-bond donors (Lipinski definition) is 0. The first kappa shape index (κ1) is 14.4. The highest BCUT2D eigenvalue weighted by molar-refractivity contribution is 6.08. The maximum absolute atomic E-state index is 13.1. The van der Waals surface area contributed by atoms with E-state index in [2.05, 4.69) is 5.92 Å². The van der Waals surface area contributed by atoms with Gasteiger partial charge in [-0.2, -0.15) is 0 Å². The van der Waals surface area contributed by atoms with Crippen molar-refractivity contribution in [3.8, 4) is 12.3 Å². The largest absolute Gasteiger partial charge is 0.307 e. The van der Waals surface area contributed by atoms with Gasteiger partial charge in [-0.3, -0.25) is 4.79 Å². The zero-order chi connectivity index (χ0) is 15.6. The second-order valence-electron chi connectivity index (χ2n) is 5.71. The third kappa shape index (κ3) is 2.10. The molecule has 2 aromatic rings. The van der Waals surface area contributed by atoms with Gasteiger partial charge in [0.25, 0.3) is 0 Å². The monoisotopic (exact) mass is 289 g/mol. The van der Waals surface area contributed by atoms with Gasteiger partial charge >= 0.3 is 0 Å². The molecule has 1 heterocycles. The number of nitrogens with zero attached hydrogens (tertiary/aromatic N) is 1. The lowest BCUT2D eigenvalue weighted by Crippen LogP contribution is -2.39. The molecule has 0 bridgehead atoms. The summed E-state index contributed by atoms with van der Waals surface area (Å²) in [5.41, 5.74) is 2.61. The molecule has 0 aliphatic carbocycles. The van der Waals surface area contributed by atoms with Crippen LogP contribution in [0, 0.1) is 12.3 Å². The van der Waals surface area contributed by atoms with Crippen molar-refractivity contribution in [2.45, 2.75) is 31.7 Å². The highest BCUT2D eigenvalue weighted by Crippen LogP contribution is 2.46. The molecule has 0 fully saturated rings. The molecule has 2 aromatic carbocycles. The number of fused-ring (bicyclic) bond motifs is 1. The Labute approximate surface area is 131 Å². The Kier molecular flexibility index (Phi) is 3.73. The minimum atomic E-state index is -0.569. The van der Waals surface area contributed by atoms with E-state index < -0.39 is 5.41 Å². The molecule has 22 heavy (non-hydrogen) atoms. The zero-order valence-corrected chi connectivity index (χ0v) is 12.8. The van der Waals surface area contributed by atoms with Crippen LogP contribution in [0.2, 0.25) is 0 Å². The van der Waals surface area contributed by atoms with E-state index in [1.54, 1.807) is 0 Å². The van der Waals surface area contributed by atoms with Crippen LogP contribution in [-0.4, -0.2) is 5.91 Å². The van der Waals surface area contributed by atoms with Gasteiger partial charge in [-0.1, -0.05) is 55.5 Å². The van der Waals surface area contributed by atoms with Crippen molar-refractivity contribution in [3.05, 3.63) is 65.7 Å². The number of terminal acetylenes is 1. The van der Waals surface area contributed by atoms with Crippen molar-refractivity contribution in [3.63, 3.8) is 0 Å². The smallest absolute Gasteiger partial charge is 0.239 e. The van der Waals surface area contributed by atoms with E-state index in [0.717, 1.165) is 23.2 Å². The fraction of sp³-hybridized carbons (Fsp3) is 0.250. The standard InChI is InChI=1S/C20H19NO/c1-3-14-20(4-2)17-12-8-9-13-18(17)21(19(20)22)15-16-10-6-5-7-11-16/h1,5-13H,4,14-15H2,2H3. The summed E-state index contributed by atoms with van der Waals surface area (Å²) in [5, 5.41) is 0. The average molecular weight is 289 g/mol. The summed E-state index contributed by atoms with van der Waals surface area (Å²) in [5.74, 6) is 2.83. The molecular formula is C20H19NO. The molecule has 110 valence electrons. The van der Waals surface area contributed by atoms with Crippen LogP contribution >= 0.6 is 0 Å². The summed E-state index contributed by atoms with van der Waals surface area (Å²) in [7, 11) is 0. The highest BCUT2D eigenvalue weighted by Gasteiger charge is 2.48. The number of para-hydroxylation sites is 1. The topological polar surface area (TPSA) is 20.3 Å². The van der Waals surface area contributed by atoms with Gasteiger partial charge in [0.15, 0.2) is 0 Å². The number of anilines is 1. The molecule has 1 aliphatic heterocycles. The molecule has 0 aromatic heterocycles. The molecular weight excluding hydrogens is 270 g/mol. The van der Waals surface area contributed by atoms with Gasteiger partial charge in [0.1, 0.15) is 0 Å². The van der Waals surface area contributed by atoms with E-state index in [9.17, 15) is 4.79 Å². The lowest BCUT2D eigenvalue weighted by molar-refractivity contribution is -0.123. The summed E-state index contributed by atoms with van der Waals surface area (Å²) < 4.78 is 0. The van der Waals surface area contributed by atoms with Crippen LogP contribution in [0.25, 0.3) is 0 Å². The lowest BCUT2D eigenvalue weighted by Gasteiger charge is -2.25. The predicted molar refractivity (Wildman–Crippen MR) is 89.5 cm³/mol. The first-order chi connectivity index (χ1) is 10.7. The molecule has 1 unspecified atom stereocenters. The van der Waals surface area contributed by atoms with Crippen LogP contribution in [0.1, 0.15) is 30.9 Å². The minimum absolute atomic E-state index is 0.123. The molecule has 0 saturated heterocycles. The van der Waals surface area contributed by atoms with Crippen LogP contribution < -0.4 is 4.90 Å². The average Bonchev–Trinajstić information content (AvgIpc) is 2.79. The summed E-state index contributed by atoms with van der Waals surface area (Å²) in [4.78, 5) is 15.0. The molecule has 2 nitrogen and oxygen atoms in total. The van der Waals surface area contributed by atoms with Gasteiger partial charge in [0.2, 0.25) is 5.91 Å². The molecule has 0 saturated carbocycles. The van der Waals surface area contributed by atoms with E-state index >= 15 is 0 Å². The summed E-state index contributed by atoms with van der Waals surface area (Å²) in [6, 6.07) is 18.1. The molecule has 1 atom stereocenters. The molecule has 0 radical (unpaired) electrons. The molecule has 0 spiro atoms. The zero-order valence-electron chi connectivity index (χ0n) is 12.8. The van der Waals surface area contributed by atoms with Crippen molar-refractivity contribution in [2.24, 2.45) is 0 Å². The maximum Gasteiger partial charge on any atom is 0.239 e. The van der Waals surface area contributed by atoms with Gasteiger partial charge in [-0.15, -0.1) is 12.3 Å². The Morgan fingerprint density at radius 2 is 1.77 bits per heavy atom. The number of carbonyl (C=O) groups is 1. The molecule has 2 heteroatoms. The summed E-state index contributed by atoms with van der Waals surface area (Å²) >= 11 is 0. The molecule has 0 N–H and O–H groups in total. The first-order valence-electron chi connectivity index (χ1n) is 7.62. The van der Waals surface area contributed by atoms with Crippen LogP contribution in [0.4, 0.5) is 5.69 Å². The van der Waals surface area contributed by atoms with Crippen LogP contribution in [-0.2, 0) is 16.8 Å². The van der Waals surface area contributed by atoms with Crippen molar-refractivity contribution in [1.29, 1.82) is 0 Å². The van der Waals surface area contributed by atoms with Crippen molar-refractivity contribution in [2.75, 3.05) is 4.90 Å². The molecule has 1 amide bonds. The Hall–Kier alpha value is -2.53.